The Balaban J connectivity index is 2.38. The van der Waals surface area contributed by atoms with Crippen LogP contribution in [0.4, 0.5) is 5.13 Å². The fourth-order valence-electron chi connectivity index (χ4n) is 0.866. The number of nitrogen functional groups attached to an aromatic ring is 1. The third kappa shape index (κ3) is 3.29. The standard InChI is InChI=1S/C8H12N2O2SSe/c1-5-7(13-8(9)10-5)14-4-3-6(11)12-2/h3-4H2,1-2H3,(H2,9,10). The Bertz CT molecular complexity index is 327. The van der Waals surface area contributed by atoms with Crippen LogP contribution in [0, 0.1) is 6.92 Å². The zero-order chi connectivity index (χ0) is 10.6. The van der Waals surface area contributed by atoms with Gasteiger partial charge in [-0.1, -0.05) is 0 Å². The van der Waals surface area contributed by atoms with Crippen LogP contribution < -0.4 is 9.51 Å². The molecule has 4 nitrogen and oxygen atoms in total. The summed E-state index contributed by atoms with van der Waals surface area (Å²) >= 11 is 1.80. The fourth-order valence-corrected chi connectivity index (χ4v) is 4.32. The average Bonchev–Trinajstić information content (AvgIpc) is 2.45. The summed E-state index contributed by atoms with van der Waals surface area (Å²) in [6.45, 7) is 1.95. The summed E-state index contributed by atoms with van der Waals surface area (Å²) in [5.74, 6) is -0.151. The van der Waals surface area contributed by atoms with E-state index in [0.717, 1.165) is 11.0 Å². The first kappa shape index (κ1) is 11.5. The minimum absolute atomic E-state index is 0.151. The normalized spacial score (nSPS) is 10.1. The molecule has 1 aromatic heterocycles. The number of carbonyl (C=O) groups is 1. The van der Waals surface area contributed by atoms with E-state index in [2.05, 4.69) is 9.72 Å². The number of nitrogens with two attached hydrogens (primary N) is 1. The summed E-state index contributed by atoms with van der Waals surface area (Å²) < 4.78 is 5.78. The van der Waals surface area contributed by atoms with Crippen molar-refractivity contribution in [2.24, 2.45) is 0 Å². The van der Waals surface area contributed by atoms with Crippen LogP contribution in [-0.2, 0) is 9.53 Å². The molecule has 0 aliphatic rings. The summed E-state index contributed by atoms with van der Waals surface area (Å²) in [5.41, 5.74) is 6.56. The van der Waals surface area contributed by atoms with Crippen molar-refractivity contribution < 1.29 is 9.53 Å². The first-order valence-electron chi connectivity index (χ1n) is 4.06. The number of nitrogens with zero attached hydrogens (tertiary/aromatic N) is 1. The second kappa shape index (κ2) is 5.34. The van der Waals surface area contributed by atoms with Gasteiger partial charge < -0.3 is 0 Å². The number of thiazole rings is 1. The number of esters is 1. The SMILES string of the molecule is COC(=O)CC[Se]c1sc(N)nc1C. The van der Waals surface area contributed by atoms with Gasteiger partial charge in [0.05, 0.1) is 0 Å². The van der Waals surface area contributed by atoms with Gasteiger partial charge in [-0.2, -0.15) is 0 Å². The number of carbonyl (C=O) groups excluding carboxylic acids is 1. The van der Waals surface area contributed by atoms with E-state index in [1.165, 1.54) is 22.2 Å². The van der Waals surface area contributed by atoms with Crippen LogP contribution in [0.2, 0.25) is 5.32 Å². The van der Waals surface area contributed by atoms with Gasteiger partial charge in [-0.05, 0) is 0 Å². The van der Waals surface area contributed by atoms with E-state index >= 15 is 0 Å². The molecule has 0 aliphatic carbocycles. The van der Waals surface area contributed by atoms with Crippen LogP contribution in [0.3, 0.4) is 0 Å². The van der Waals surface area contributed by atoms with Gasteiger partial charge in [0.2, 0.25) is 0 Å². The van der Waals surface area contributed by atoms with Gasteiger partial charge in [-0.25, -0.2) is 0 Å². The van der Waals surface area contributed by atoms with Crippen LogP contribution in [-0.4, -0.2) is 33.0 Å². The summed E-state index contributed by atoms with van der Waals surface area (Å²) in [7, 11) is 1.41. The predicted molar refractivity (Wildman–Crippen MR) is 58.1 cm³/mol. The molecule has 78 valence electrons. The van der Waals surface area contributed by atoms with Gasteiger partial charge in [0.25, 0.3) is 0 Å². The first-order valence-corrected chi connectivity index (χ1v) is 6.94. The number of hydrogen-bond acceptors (Lipinski definition) is 5. The molecule has 6 heteroatoms. The van der Waals surface area contributed by atoms with Crippen molar-refractivity contribution in [1.29, 1.82) is 0 Å². The topological polar surface area (TPSA) is 65.2 Å². The third-order valence-corrected chi connectivity index (χ3v) is 5.48. The van der Waals surface area contributed by atoms with Crippen molar-refractivity contribution in [1.82, 2.24) is 4.98 Å². The summed E-state index contributed by atoms with van der Waals surface area (Å²) in [6.07, 6.45) is 0.480. The molecule has 1 heterocycles. The molecule has 0 fully saturated rings. The second-order valence-electron chi connectivity index (χ2n) is 2.60. The monoisotopic (exact) mass is 280 g/mol. The van der Waals surface area contributed by atoms with Crippen molar-refractivity contribution in [2.45, 2.75) is 18.7 Å². The number of ether oxygens (including phenoxy) is 1. The van der Waals surface area contributed by atoms with E-state index in [0.29, 0.717) is 11.6 Å². The fraction of sp³-hybridized carbons (Fsp3) is 0.500. The van der Waals surface area contributed by atoms with E-state index < -0.39 is 0 Å². The zero-order valence-electron chi connectivity index (χ0n) is 8.07. The Hall–Kier alpha value is -0.581. The van der Waals surface area contributed by atoms with Crippen molar-refractivity contribution in [3.63, 3.8) is 0 Å². The predicted octanol–water partition coefficient (Wildman–Crippen LogP) is 0.345. The van der Waals surface area contributed by atoms with E-state index in [1.807, 2.05) is 6.92 Å². The molecule has 0 aliphatic heterocycles. The van der Waals surface area contributed by atoms with Crippen LogP contribution in [0.25, 0.3) is 0 Å². The van der Waals surface area contributed by atoms with E-state index in [1.54, 1.807) is 0 Å². The molecule has 0 spiro atoms. The van der Waals surface area contributed by atoms with Crippen LogP contribution >= 0.6 is 11.3 Å². The zero-order valence-corrected chi connectivity index (χ0v) is 10.6. The van der Waals surface area contributed by atoms with Gasteiger partial charge in [0.1, 0.15) is 0 Å². The van der Waals surface area contributed by atoms with Crippen LogP contribution in [0.5, 0.6) is 0 Å². The molecule has 0 saturated heterocycles. The van der Waals surface area contributed by atoms with Crippen molar-refractivity contribution >= 4 is 41.2 Å². The minimum atomic E-state index is -0.151. The molecule has 14 heavy (non-hydrogen) atoms. The molecule has 0 amide bonds. The number of methoxy groups -OCH3 is 1. The summed E-state index contributed by atoms with van der Waals surface area (Å²) in [6, 6.07) is 0. The molecule has 1 aromatic rings. The summed E-state index contributed by atoms with van der Waals surface area (Å²) in [4.78, 5) is 15.0. The first-order chi connectivity index (χ1) is 6.63. The summed E-state index contributed by atoms with van der Waals surface area (Å²) in [5, 5.41) is 1.46. The van der Waals surface area contributed by atoms with Gasteiger partial charge in [-0.15, -0.1) is 0 Å². The Labute approximate surface area is 93.0 Å². The maximum absolute atomic E-state index is 10.8. The van der Waals surface area contributed by atoms with Crippen molar-refractivity contribution in [3.05, 3.63) is 5.69 Å². The van der Waals surface area contributed by atoms with Crippen LogP contribution in [0.1, 0.15) is 12.1 Å². The van der Waals surface area contributed by atoms with Crippen LogP contribution in [0.15, 0.2) is 0 Å². The number of aryl methyl sites for hydroxylation is 1. The quantitative estimate of drug-likeness (QED) is 0.638. The number of anilines is 1. The van der Waals surface area contributed by atoms with Gasteiger partial charge in [0, 0.05) is 0 Å². The average molecular weight is 279 g/mol. The molecule has 0 saturated carbocycles. The molecular weight excluding hydrogens is 267 g/mol. The number of hydrogen-bond donors (Lipinski definition) is 1. The van der Waals surface area contributed by atoms with Gasteiger partial charge >= 0.3 is 92.9 Å². The molecule has 2 N–H and O–H groups in total. The molecule has 0 radical (unpaired) electrons. The van der Waals surface area contributed by atoms with E-state index in [-0.39, 0.29) is 20.9 Å². The number of aromatic nitrogens is 1. The van der Waals surface area contributed by atoms with Crippen molar-refractivity contribution in [3.8, 4) is 0 Å². The maximum atomic E-state index is 10.8. The third-order valence-electron chi connectivity index (χ3n) is 1.54. The Morgan fingerprint density at radius 2 is 2.43 bits per heavy atom. The molecular formula is C8H12N2O2SSe. The van der Waals surface area contributed by atoms with Crippen molar-refractivity contribution in [2.75, 3.05) is 12.8 Å². The van der Waals surface area contributed by atoms with E-state index in [4.69, 9.17) is 5.73 Å². The molecule has 1 rings (SSSR count). The second-order valence-corrected chi connectivity index (χ2v) is 6.53. The molecule has 0 aromatic carbocycles. The van der Waals surface area contributed by atoms with E-state index in [9.17, 15) is 4.79 Å². The molecule has 0 unspecified atom stereocenters. The molecule has 0 atom stereocenters. The van der Waals surface area contributed by atoms with Gasteiger partial charge in [-0.3, -0.25) is 0 Å². The Kier molecular flexibility index (Phi) is 4.38. The Morgan fingerprint density at radius 1 is 1.71 bits per heavy atom. The Morgan fingerprint density at radius 3 is 2.93 bits per heavy atom. The van der Waals surface area contributed by atoms with Gasteiger partial charge in [0.15, 0.2) is 0 Å². The number of rotatable bonds is 4. The molecule has 0 bridgehead atoms.